The van der Waals surface area contributed by atoms with E-state index in [9.17, 15) is 9.90 Å². The molecule has 2 saturated carbocycles. The Morgan fingerprint density at radius 1 is 0.821 bits per heavy atom. The van der Waals surface area contributed by atoms with Crippen LogP contribution in [-0.2, 0) is 20.7 Å². The van der Waals surface area contributed by atoms with E-state index in [1.807, 2.05) is 23.5 Å². The van der Waals surface area contributed by atoms with Gasteiger partial charge in [-0.1, -0.05) is 0 Å². The molecule has 2 aromatic heterocycles. The molecule has 0 saturated heterocycles. The number of nitrogens with zero attached hydrogens (tertiary/aromatic N) is 4. The Balaban J connectivity index is 0.000000122. The van der Waals surface area contributed by atoms with Gasteiger partial charge in [-0.15, -0.1) is 0 Å². The third-order valence-electron chi connectivity index (χ3n) is 7.67. The van der Waals surface area contributed by atoms with Gasteiger partial charge >= 0.3 is 0 Å². The van der Waals surface area contributed by atoms with Gasteiger partial charge < -0.3 is 5.11 Å². The van der Waals surface area contributed by atoms with E-state index in [0.29, 0.717) is 29.4 Å². The second-order valence-electron chi connectivity index (χ2n) is 9.05. The molecule has 2 heterocycles. The number of aliphatic hydroxyl groups excluding tert-OH is 1. The average molecular weight is 383 g/mol. The first kappa shape index (κ1) is 18.1. The number of fused-ring (bicyclic) bond motifs is 4. The molecule has 6 heteroatoms. The summed E-state index contributed by atoms with van der Waals surface area (Å²) in [5.74, 6) is 2.68. The lowest BCUT2D eigenvalue weighted by Gasteiger charge is -2.36. The molecule has 150 valence electrons. The Kier molecular flexibility index (Phi) is 4.42. The van der Waals surface area contributed by atoms with Crippen molar-refractivity contribution in [3.05, 3.63) is 33.9 Å². The monoisotopic (exact) mass is 382 g/mol. The number of hydrogen-bond donors (Lipinski definition) is 1. The normalized spacial score (nSPS) is 29.1. The molecule has 6 aliphatic rings. The van der Waals surface area contributed by atoms with Crippen molar-refractivity contribution in [2.45, 2.75) is 81.6 Å². The van der Waals surface area contributed by atoms with Gasteiger partial charge in [0.05, 0.1) is 12.3 Å². The molecule has 0 aromatic carbocycles. The quantitative estimate of drug-likeness (QED) is 0.805. The summed E-state index contributed by atoms with van der Waals surface area (Å²) in [7, 11) is 3.98. The number of aryl methyl sites for hydroxylation is 2. The highest BCUT2D eigenvalue weighted by atomic mass is 16.3. The first-order chi connectivity index (χ1) is 13.6. The van der Waals surface area contributed by atoms with Crippen LogP contribution in [0.15, 0.2) is 0 Å². The molecule has 6 nitrogen and oxygen atoms in total. The van der Waals surface area contributed by atoms with Crippen molar-refractivity contribution in [3.63, 3.8) is 0 Å². The SMILES string of the molecule is Cn1nc(C=O)c2c1C1CCC2CC1.Cn1nc(CO)c2c1C1CCC2CC1. The summed E-state index contributed by atoms with van der Waals surface area (Å²) in [5.41, 5.74) is 7.03. The fraction of sp³-hybridized carbons (Fsp3) is 0.682. The van der Waals surface area contributed by atoms with Crippen molar-refractivity contribution in [2.24, 2.45) is 14.1 Å². The third-order valence-corrected chi connectivity index (χ3v) is 7.67. The van der Waals surface area contributed by atoms with Gasteiger partial charge in [0.2, 0.25) is 0 Å². The van der Waals surface area contributed by atoms with E-state index in [1.54, 1.807) is 0 Å². The molecule has 8 rings (SSSR count). The van der Waals surface area contributed by atoms with Gasteiger partial charge in [-0.05, 0) is 63.2 Å². The highest BCUT2D eigenvalue weighted by Gasteiger charge is 2.38. The van der Waals surface area contributed by atoms with Crippen LogP contribution in [0.3, 0.4) is 0 Å². The Morgan fingerprint density at radius 3 is 1.82 bits per heavy atom. The number of carbonyl (C=O) groups is 1. The first-order valence-electron chi connectivity index (χ1n) is 10.8. The summed E-state index contributed by atoms with van der Waals surface area (Å²) in [6.07, 6.45) is 11.2. The maximum Gasteiger partial charge on any atom is 0.170 e. The van der Waals surface area contributed by atoms with Crippen LogP contribution in [0.1, 0.15) is 114 Å². The Labute approximate surface area is 165 Å². The molecule has 2 aromatic rings. The minimum Gasteiger partial charge on any atom is -0.390 e. The smallest absolute Gasteiger partial charge is 0.170 e. The van der Waals surface area contributed by atoms with Crippen LogP contribution < -0.4 is 0 Å². The Morgan fingerprint density at radius 2 is 1.29 bits per heavy atom. The van der Waals surface area contributed by atoms with Gasteiger partial charge in [0.25, 0.3) is 0 Å². The summed E-state index contributed by atoms with van der Waals surface area (Å²) in [6.45, 7) is 0.104. The topological polar surface area (TPSA) is 72.9 Å². The van der Waals surface area contributed by atoms with E-state index < -0.39 is 0 Å². The van der Waals surface area contributed by atoms with Crippen LogP contribution in [0.2, 0.25) is 0 Å². The predicted molar refractivity (Wildman–Crippen MR) is 106 cm³/mol. The minimum absolute atomic E-state index is 0.104. The van der Waals surface area contributed by atoms with Crippen molar-refractivity contribution in [2.75, 3.05) is 0 Å². The fourth-order valence-electron chi connectivity index (χ4n) is 6.53. The lowest BCUT2D eigenvalue weighted by Crippen LogP contribution is -2.23. The van der Waals surface area contributed by atoms with Gasteiger partial charge in [-0.2, -0.15) is 10.2 Å². The molecular weight excluding hydrogens is 352 g/mol. The molecule has 28 heavy (non-hydrogen) atoms. The van der Waals surface area contributed by atoms with Gasteiger partial charge in [0.15, 0.2) is 6.29 Å². The van der Waals surface area contributed by atoms with Crippen molar-refractivity contribution < 1.29 is 9.90 Å². The minimum atomic E-state index is 0.104. The molecule has 6 aliphatic carbocycles. The number of carbonyl (C=O) groups excluding carboxylic acids is 1. The number of hydrogen-bond acceptors (Lipinski definition) is 4. The molecule has 0 amide bonds. The maximum absolute atomic E-state index is 10.9. The standard InChI is InChI=1S/C11H16N2O.C11H14N2O/c2*1-13-11-8-4-2-7(3-5-8)10(11)9(6-14)12-13/h7-8,14H,2-6H2,1H3;6-8H,2-5H2,1H3. The predicted octanol–water partition coefficient (Wildman–Crippen LogP) is 3.65. The summed E-state index contributed by atoms with van der Waals surface area (Å²) in [5, 5.41) is 18.0. The zero-order valence-corrected chi connectivity index (χ0v) is 16.9. The van der Waals surface area contributed by atoms with Crippen molar-refractivity contribution >= 4 is 6.29 Å². The van der Waals surface area contributed by atoms with Crippen molar-refractivity contribution in [1.82, 2.24) is 19.6 Å². The number of aliphatic hydroxyl groups is 1. The Hall–Kier alpha value is -1.95. The lowest BCUT2D eigenvalue weighted by atomic mass is 9.69. The van der Waals surface area contributed by atoms with Crippen LogP contribution in [0.4, 0.5) is 0 Å². The van der Waals surface area contributed by atoms with E-state index in [-0.39, 0.29) is 6.61 Å². The van der Waals surface area contributed by atoms with Gasteiger partial charge in [0, 0.05) is 48.4 Å². The highest BCUT2D eigenvalue weighted by molar-refractivity contribution is 5.75. The largest absolute Gasteiger partial charge is 0.390 e. The number of rotatable bonds is 2. The summed E-state index contributed by atoms with van der Waals surface area (Å²) >= 11 is 0. The third kappa shape index (κ3) is 2.60. The van der Waals surface area contributed by atoms with E-state index in [1.165, 1.54) is 73.9 Å². The van der Waals surface area contributed by atoms with E-state index in [2.05, 4.69) is 10.2 Å². The zero-order chi connectivity index (χ0) is 19.4. The van der Waals surface area contributed by atoms with E-state index in [4.69, 9.17) is 0 Å². The summed E-state index contributed by atoms with van der Waals surface area (Å²) < 4.78 is 3.92. The summed E-state index contributed by atoms with van der Waals surface area (Å²) in [4.78, 5) is 10.9. The van der Waals surface area contributed by atoms with Crippen LogP contribution in [0.25, 0.3) is 0 Å². The molecule has 0 radical (unpaired) electrons. The highest BCUT2D eigenvalue weighted by Crippen LogP contribution is 2.51. The van der Waals surface area contributed by atoms with E-state index in [0.717, 1.165) is 12.0 Å². The molecule has 0 unspecified atom stereocenters. The molecule has 1 N–H and O–H groups in total. The Bertz CT molecular complexity index is 896. The van der Waals surface area contributed by atoms with Crippen LogP contribution in [0, 0.1) is 0 Å². The average Bonchev–Trinajstić information content (AvgIpc) is 3.30. The van der Waals surface area contributed by atoms with Crippen molar-refractivity contribution in [3.8, 4) is 0 Å². The number of aromatic nitrogens is 4. The van der Waals surface area contributed by atoms with Crippen molar-refractivity contribution in [1.29, 1.82) is 0 Å². The molecular formula is C22H30N4O2. The molecule has 4 bridgehead atoms. The maximum atomic E-state index is 10.9. The second-order valence-corrected chi connectivity index (χ2v) is 9.05. The molecule has 2 fully saturated rings. The lowest BCUT2D eigenvalue weighted by molar-refractivity contribution is 0.111. The van der Waals surface area contributed by atoms with Gasteiger partial charge in [0.1, 0.15) is 5.69 Å². The van der Waals surface area contributed by atoms with E-state index >= 15 is 0 Å². The van der Waals surface area contributed by atoms with Crippen LogP contribution >= 0.6 is 0 Å². The molecule has 0 atom stereocenters. The van der Waals surface area contributed by atoms with Gasteiger partial charge in [-0.3, -0.25) is 14.2 Å². The first-order valence-corrected chi connectivity index (χ1v) is 10.8. The molecule has 0 aliphatic heterocycles. The summed E-state index contributed by atoms with van der Waals surface area (Å²) in [6, 6.07) is 0. The molecule has 0 spiro atoms. The van der Waals surface area contributed by atoms with Crippen LogP contribution in [0.5, 0.6) is 0 Å². The second kappa shape index (κ2) is 6.83. The van der Waals surface area contributed by atoms with Gasteiger partial charge in [-0.25, -0.2) is 0 Å². The fourth-order valence-corrected chi connectivity index (χ4v) is 6.53. The van der Waals surface area contributed by atoms with Crippen LogP contribution in [-0.4, -0.2) is 31.0 Å². The zero-order valence-electron chi connectivity index (χ0n) is 16.9. The number of aldehydes is 1.